The fraction of sp³-hybridized carbons (Fsp3) is 0.158. The second-order valence-electron chi connectivity index (χ2n) is 5.58. The van der Waals surface area contributed by atoms with E-state index in [-0.39, 0.29) is 18.7 Å². The first kappa shape index (κ1) is 20.9. The second-order valence-corrected chi connectivity index (χ2v) is 6.02. The van der Waals surface area contributed by atoms with Gasteiger partial charge in [-0.3, -0.25) is 30.0 Å². The second kappa shape index (κ2) is 10.7. The van der Waals surface area contributed by atoms with Crippen molar-refractivity contribution < 1.29 is 23.9 Å². The number of hydrazine groups is 1. The van der Waals surface area contributed by atoms with Crippen LogP contribution < -0.4 is 16.2 Å². The van der Waals surface area contributed by atoms with Crippen LogP contribution in [0.4, 0.5) is 5.69 Å². The molecule has 2 aromatic rings. The number of amides is 3. The van der Waals surface area contributed by atoms with E-state index >= 15 is 0 Å². The van der Waals surface area contributed by atoms with Crippen LogP contribution >= 0.6 is 11.6 Å². The zero-order valence-corrected chi connectivity index (χ0v) is 15.5. The molecule has 0 saturated heterocycles. The molecule has 0 spiro atoms. The highest BCUT2D eigenvalue weighted by Gasteiger charge is 2.12. The van der Waals surface area contributed by atoms with Gasteiger partial charge in [0.2, 0.25) is 5.91 Å². The van der Waals surface area contributed by atoms with E-state index in [4.69, 9.17) is 16.3 Å². The Hall–Kier alpha value is -3.39. The highest BCUT2D eigenvalue weighted by Crippen LogP contribution is 2.13. The molecule has 3 amide bonds. The topological polar surface area (TPSA) is 114 Å². The zero-order chi connectivity index (χ0) is 20.4. The third-order valence-corrected chi connectivity index (χ3v) is 3.65. The Morgan fingerprint density at radius 1 is 0.821 bits per heavy atom. The minimum atomic E-state index is -0.712. The summed E-state index contributed by atoms with van der Waals surface area (Å²) < 4.78 is 4.76. The van der Waals surface area contributed by atoms with Crippen LogP contribution in [0.3, 0.4) is 0 Å². The van der Waals surface area contributed by atoms with Gasteiger partial charge in [-0.05, 0) is 36.4 Å². The summed E-state index contributed by atoms with van der Waals surface area (Å²) in [6.07, 6.45) is -0.295. The van der Waals surface area contributed by atoms with Gasteiger partial charge in [-0.15, -0.1) is 0 Å². The number of carbonyl (C=O) groups is 4. The molecule has 0 atom stereocenters. The van der Waals surface area contributed by atoms with Crippen LogP contribution in [0.15, 0.2) is 54.6 Å². The highest BCUT2D eigenvalue weighted by molar-refractivity contribution is 6.30. The maximum absolute atomic E-state index is 11.8. The number of halogens is 1. The summed E-state index contributed by atoms with van der Waals surface area (Å²) in [5, 5.41) is 3.15. The maximum Gasteiger partial charge on any atom is 0.306 e. The predicted octanol–water partition coefficient (Wildman–Crippen LogP) is 2.06. The Kier molecular flexibility index (Phi) is 7.98. The summed E-state index contributed by atoms with van der Waals surface area (Å²) in [4.78, 5) is 46.7. The summed E-state index contributed by atoms with van der Waals surface area (Å²) in [5.41, 5.74) is 5.25. The highest BCUT2D eigenvalue weighted by atomic mass is 35.5. The van der Waals surface area contributed by atoms with Crippen molar-refractivity contribution in [1.29, 1.82) is 0 Å². The van der Waals surface area contributed by atoms with Crippen LogP contribution in [-0.2, 0) is 19.1 Å². The van der Waals surface area contributed by atoms with Crippen molar-refractivity contribution in [3.8, 4) is 0 Å². The predicted molar refractivity (Wildman–Crippen MR) is 102 cm³/mol. The largest absolute Gasteiger partial charge is 0.455 e. The molecule has 0 saturated carbocycles. The molecule has 0 aliphatic rings. The molecule has 2 aromatic carbocycles. The van der Waals surface area contributed by atoms with Gasteiger partial charge in [-0.1, -0.05) is 29.8 Å². The summed E-state index contributed by atoms with van der Waals surface area (Å²) in [6, 6.07) is 14.8. The Morgan fingerprint density at radius 3 is 2.18 bits per heavy atom. The molecule has 146 valence electrons. The smallest absolute Gasteiger partial charge is 0.306 e. The number of anilines is 1. The van der Waals surface area contributed by atoms with E-state index in [0.717, 1.165) is 0 Å². The fourth-order valence-corrected chi connectivity index (χ4v) is 2.14. The van der Waals surface area contributed by atoms with Gasteiger partial charge in [0, 0.05) is 22.7 Å². The Labute approximate surface area is 166 Å². The van der Waals surface area contributed by atoms with Crippen LogP contribution in [0.5, 0.6) is 0 Å². The molecule has 0 aromatic heterocycles. The fourth-order valence-electron chi connectivity index (χ4n) is 2.01. The minimum Gasteiger partial charge on any atom is -0.455 e. The first-order valence-electron chi connectivity index (χ1n) is 8.29. The molecule has 0 bridgehead atoms. The van der Waals surface area contributed by atoms with E-state index in [1.54, 1.807) is 54.6 Å². The number of carbonyl (C=O) groups excluding carboxylic acids is 4. The van der Waals surface area contributed by atoms with Gasteiger partial charge in [-0.2, -0.15) is 0 Å². The molecular formula is C19H18ClN3O5. The molecule has 0 fully saturated rings. The van der Waals surface area contributed by atoms with Crippen LogP contribution in [0.2, 0.25) is 5.02 Å². The lowest BCUT2D eigenvalue weighted by Crippen LogP contribution is -2.43. The average molecular weight is 404 g/mol. The number of benzene rings is 2. The number of hydrogen-bond donors (Lipinski definition) is 3. The quantitative estimate of drug-likeness (QED) is 0.483. The lowest BCUT2D eigenvalue weighted by atomic mass is 10.2. The zero-order valence-electron chi connectivity index (χ0n) is 14.7. The maximum atomic E-state index is 11.8. The molecule has 2 rings (SSSR count). The lowest BCUT2D eigenvalue weighted by molar-refractivity contribution is -0.149. The summed E-state index contributed by atoms with van der Waals surface area (Å²) in [7, 11) is 0. The summed E-state index contributed by atoms with van der Waals surface area (Å²) >= 11 is 5.75. The Morgan fingerprint density at radius 2 is 1.50 bits per heavy atom. The summed E-state index contributed by atoms with van der Waals surface area (Å²) in [6.45, 7) is -0.577. The molecule has 0 aliphatic heterocycles. The first-order chi connectivity index (χ1) is 13.4. The third-order valence-electron chi connectivity index (χ3n) is 3.40. The van der Waals surface area contributed by atoms with Gasteiger partial charge in [0.15, 0.2) is 6.61 Å². The van der Waals surface area contributed by atoms with Gasteiger partial charge in [0.1, 0.15) is 0 Å². The third kappa shape index (κ3) is 7.46. The van der Waals surface area contributed by atoms with Gasteiger partial charge < -0.3 is 10.1 Å². The van der Waals surface area contributed by atoms with Crippen molar-refractivity contribution in [3.63, 3.8) is 0 Å². The van der Waals surface area contributed by atoms with Gasteiger partial charge in [0.05, 0.1) is 6.42 Å². The van der Waals surface area contributed by atoms with E-state index in [0.29, 0.717) is 16.3 Å². The lowest BCUT2D eigenvalue weighted by Gasteiger charge is -2.08. The van der Waals surface area contributed by atoms with Crippen molar-refractivity contribution in [2.24, 2.45) is 0 Å². The average Bonchev–Trinajstić information content (AvgIpc) is 2.71. The van der Waals surface area contributed by atoms with E-state index in [1.807, 2.05) is 0 Å². The molecule has 3 N–H and O–H groups in total. The van der Waals surface area contributed by atoms with E-state index < -0.39 is 24.4 Å². The van der Waals surface area contributed by atoms with Crippen molar-refractivity contribution in [3.05, 3.63) is 65.2 Å². The van der Waals surface area contributed by atoms with Crippen molar-refractivity contribution in [2.75, 3.05) is 11.9 Å². The molecule has 0 heterocycles. The normalized spacial score (nSPS) is 9.89. The SMILES string of the molecule is O=C(COC(=O)CCC(=O)Nc1ccc(Cl)cc1)NNC(=O)c1ccccc1. The van der Waals surface area contributed by atoms with Gasteiger partial charge >= 0.3 is 5.97 Å². The molecule has 8 nitrogen and oxygen atoms in total. The number of ether oxygens (including phenoxy) is 1. The molecular weight excluding hydrogens is 386 g/mol. The molecule has 28 heavy (non-hydrogen) atoms. The van der Waals surface area contributed by atoms with Gasteiger partial charge in [-0.25, -0.2) is 0 Å². The number of rotatable bonds is 7. The van der Waals surface area contributed by atoms with Crippen molar-refractivity contribution in [1.82, 2.24) is 10.9 Å². The molecule has 0 unspecified atom stereocenters. The molecule has 9 heteroatoms. The Bertz CT molecular complexity index is 840. The van der Waals surface area contributed by atoms with Crippen LogP contribution in [0.25, 0.3) is 0 Å². The Balaban J connectivity index is 1.62. The monoisotopic (exact) mass is 403 g/mol. The van der Waals surface area contributed by atoms with Crippen LogP contribution in [0.1, 0.15) is 23.2 Å². The molecule has 0 aliphatic carbocycles. The number of nitrogens with one attached hydrogen (secondary N) is 3. The minimum absolute atomic E-state index is 0.103. The van der Waals surface area contributed by atoms with E-state index in [2.05, 4.69) is 16.2 Å². The van der Waals surface area contributed by atoms with Crippen LogP contribution in [-0.4, -0.2) is 30.3 Å². The number of hydrogen-bond acceptors (Lipinski definition) is 5. The van der Waals surface area contributed by atoms with E-state index in [1.165, 1.54) is 0 Å². The van der Waals surface area contributed by atoms with E-state index in [9.17, 15) is 19.2 Å². The van der Waals surface area contributed by atoms with Crippen LogP contribution in [0, 0.1) is 0 Å². The van der Waals surface area contributed by atoms with Gasteiger partial charge in [0.25, 0.3) is 11.8 Å². The van der Waals surface area contributed by atoms with Crippen molar-refractivity contribution >= 4 is 41.0 Å². The number of esters is 1. The van der Waals surface area contributed by atoms with Crippen molar-refractivity contribution in [2.45, 2.75) is 12.8 Å². The standard InChI is InChI=1S/C19H18ClN3O5/c20-14-6-8-15(9-7-14)21-16(24)10-11-18(26)28-12-17(25)22-23-19(27)13-4-2-1-3-5-13/h1-9H,10-12H2,(H,21,24)(H,22,25)(H,23,27). The summed E-state index contributed by atoms with van der Waals surface area (Å²) in [5.74, 6) is -2.29. The molecule has 0 radical (unpaired) electrons. The first-order valence-corrected chi connectivity index (χ1v) is 8.67.